The Hall–Kier alpha value is -1.50. The van der Waals surface area contributed by atoms with Gasteiger partial charge in [-0.2, -0.15) is 0 Å². The summed E-state index contributed by atoms with van der Waals surface area (Å²) in [4.78, 5) is 13.3. The van der Waals surface area contributed by atoms with E-state index in [2.05, 4.69) is 5.32 Å². The van der Waals surface area contributed by atoms with Gasteiger partial charge in [0.1, 0.15) is 6.54 Å². The first kappa shape index (κ1) is 17.8. The monoisotopic (exact) mass is 369 g/mol. The van der Waals surface area contributed by atoms with Crippen molar-refractivity contribution in [1.82, 2.24) is 0 Å². The smallest absolute Gasteiger partial charge is 0.322 e. The summed E-state index contributed by atoms with van der Waals surface area (Å²) in [5, 5.41) is 12.2. The molecule has 0 aromatic heterocycles. The Morgan fingerprint density at radius 3 is 2.57 bits per heavy atom. The van der Waals surface area contributed by atoms with E-state index in [1.165, 1.54) is 11.8 Å². The highest BCUT2D eigenvalue weighted by Gasteiger charge is 2.08. The van der Waals surface area contributed by atoms with E-state index in [0.717, 1.165) is 14.7 Å². The molecule has 23 heavy (non-hydrogen) atoms. The minimum Gasteiger partial charge on any atom is -0.480 e. The van der Waals surface area contributed by atoms with Gasteiger partial charge in [0.05, 0.1) is 10.8 Å². The molecule has 0 spiro atoms. The number of hydrogen-bond donors (Lipinski definition) is 2. The lowest BCUT2D eigenvalue weighted by Crippen LogP contribution is -2.12. The highest BCUT2D eigenvalue weighted by atomic mass is 35.5. The summed E-state index contributed by atoms with van der Waals surface area (Å²) in [6.07, 6.45) is 0. The molecule has 0 saturated heterocycles. The molecule has 0 aliphatic carbocycles. The first-order chi connectivity index (χ1) is 11.0. The third-order valence-electron chi connectivity index (χ3n) is 2.95. The zero-order chi connectivity index (χ0) is 16.8. The van der Waals surface area contributed by atoms with Gasteiger partial charge in [0.2, 0.25) is 0 Å². The Balaban J connectivity index is 2.19. The van der Waals surface area contributed by atoms with Crippen molar-refractivity contribution < 1.29 is 14.1 Å². The molecular weight excluding hydrogens is 354 g/mol. The van der Waals surface area contributed by atoms with Crippen LogP contribution in [0.3, 0.4) is 0 Å². The summed E-state index contributed by atoms with van der Waals surface area (Å²) in [5.74, 6) is -0.341. The highest BCUT2D eigenvalue weighted by Crippen LogP contribution is 2.35. The maximum absolute atomic E-state index is 11.8. The molecule has 4 nitrogen and oxygen atoms in total. The van der Waals surface area contributed by atoms with Gasteiger partial charge in [-0.1, -0.05) is 30.3 Å². The van der Waals surface area contributed by atoms with Gasteiger partial charge in [0.15, 0.2) is 0 Å². The Morgan fingerprint density at radius 1 is 1.26 bits per heavy atom. The predicted molar refractivity (Wildman–Crippen MR) is 95.1 cm³/mol. The molecule has 0 fully saturated rings. The molecule has 2 rings (SSSR count). The zero-order valence-corrected chi connectivity index (χ0v) is 14.8. The first-order valence-electron chi connectivity index (χ1n) is 6.91. The van der Waals surface area contributed by atoms with Crippen molar-refractivity contribution in [2.24, 2.45) is 0 Å². The number of rotatable bonds is 7. The lowest BCUT2D eigenvalue weighted by molar-refractivity contribution is -0.134. The van der Waals surface area contributed by atoms with Crippen LogP contribution in [0.25, 0.3) is 0 Å². The fourth-order valence-electron chi connectivity index (χ4n) is 1.85. The average molecular weight is 370 g/mol. The molecule has 122 valence electrons. The van der Waals surface area contributed by atoms with Crippen LogP contribution in [0.5, 0.6) is 0 Å². The fraction of sp³-hybridized carbons (Fsp3) is 0.188. The second-order valence-electron chi connectivity index (χ2n) is 4.60. The molecule has 0 amide bonds. The Morgan fingerprint density at radius 2 is 1.96 bits per heavy atom. The van der Waals surface area contributed by atoms with Gasteiger partial charge in [-0.15, -0.1) is 0 Å². The largest absolute Gasteiger partial charge is 0.480 e. The quantitative estimate of drug-likeness (QED) is 0.768. The molecule has 0 heterocycles. The number of aliphatic carboxylic acids is 1. The van der Waals surface area contributed by atoms with Gasteiger partial charge >= 0.3 is 5.97 Å². The van der Waals surface area contributed by atoms with Crippen molar-refractivity contribution in [1.29, 1.82) is 0 Å². The van der Waals surface area contributed by atoms with Crippen molar-refractivity contribution in [3.8, 4) is 0 Å². The molecule has 2 aromatic carbocycles. The summed E-state index contributed by atoms with van der Waals surface area (Å²) in [6.45, 7) is 1.72. The van der Waals surface area contributed by atoms with Crippen molar-refractivity contribution in [3.05, 3.63) is 47.5 Å². The second kappa shape index (κ2) is 8.38. The summed E-state index contributed by atoms with van der Waals surface area (Å²) in [6, 6.07) is 12.7. The number of carboxylic acids is 1. The van der Waals surface area contributed by atoms with Crippen LogP contribution in [0.15, 0.2) is 57.2 Å². The first-order valence-corrected chi connectivity index (χ1v) is 9.42. The van der Waals surface area contributed by atoms with Crippen LogP contribution >= 0.6 is 23.4 Å². The molecule has 0 aliphatic rings. The van der Waals surface area contributed by atoms with E-state index in [1.54, 1.807) is 18.2 Å². The van der Waals surface area contributed by atoms with E-state index in [-0.39, 0.29) is 6.54 Å². The van der Waals surface area contributed by atoms with Gasteiger partial charge in [-0.3, -0.25) is 9.00 Å². The standard InChI is InChI=1S/C16H16ClNO3S2/c1-2-23(21)13-6-4-12(5-7-13)22-15-9-11(17)3-8-14(15)18-10-16(19)20/h3-9,18H,2,10H2,1H3,(H,19,20). The highest BCUT2D eigenvalue weighted by molar-refractivity contribution is 7.99. The van der Waals surface area contributed by atoms with Crippen molar-refractivity contribution in [2.45, 2.75) is 21.6 Å². The molecule has 0 saturated carbocycles. The number of benzene rings is 2. The minimum absolute atomic E-state index is 0.163. The maximum Gasteiger partial charge on any atom is 0.322 e. The van der Waals surface area contributed by atoms with E-state index < -0.39 is 16.8 Å². The lowest BCUT2D eigenvalue weighted by Gasteiger charge is -2.11. The normalized spacial score (nSPS) is 11.9. The predicted octanol–water partition coefficient (Wildman–Crippen LogP) is 4.12. The fourth-order valence-corrected chi connectivity index (χ4v) is 3.82. The third-order valence-corrected chi connectivity index (χ3v) is 5.57. The van der Waals surface area contributed by atoms with E-state index in [1.807, 2.05) is 31.2 Å². The van der Waals surface area contributed by atoms with Gasteiger partial charge in [-0.05, 0) is 42.5 Å². The van der Waals surface area contributed by atoms with E-state index in [0.29, 0.717) is 16.5 Å². The Kier molecular flexibility index (Phi) is 6.50. The molecule has 0 aliphatic heterocycles. The van der Waals surface area contributed by atoms with Crippen LogP contribution < -0.4 is 5.32 Å². The molecule has 2 N–H and O–H groups in total. The molecule has 1 unspecified atom stereocenters. The number of carbonyl (C=O) groups is 1. The molecular formula is C16H16ClNO3S2. The number of hydrogen-bond acceptors (Lipinski definition) is 4. The van der Waals surface area contributed by atoms with Crippen molar-refractivity contribution in [3.63, 3.8) is 0 Å². The van der Waals surface area contributed by atoms with E-state index in [4.69, 9.17) is 16.7 Å². The second-order valence-corrected chi connectivity index (χ2v) is 7.89. The van der Waals surface area contributed by atoms with Crippen LogP contribution in [0.2, 0.25) is 5.02 Å². The maximum atomic E-state index is 11.8. The van der Waals surface area contributed by atoms with Crippen molar-refractivity contribution in [2.75, 3.05) is 17.6 Å². The lowest BCUT2D eigenvalue weighted by atomic mass is 10.3. The van der Waals surface area contributed by atoms with Crippen LogP contribution in [-0.2, 0) is 15.6 Å². The van der Waals surface area contributed by atoms with Crippen molar-refractivity contribution >= 4 is 45.8 Å². The summed E-state index contributed by atoms with van der Waals surface area (Å²) in [7, 11) is -0.969. The average Bonchev–Trinajstić information content (AvgIpc) is 2.54. The Labute approximate surface area is 146 Å². The van der Waals surface area contributed by atoms with Crippen LogP contribution in [-0.4, -0.2) is 27.6 Å². The van der Waals surface area contributed by atoms with E-state index in [9.17, 15) is 9.00 Å². The number of halogens is 1. The topological polar surface area (TPSA) is 66.4 Å². The van der Waals surface area contributed by atoms with Gasteiger partial charge in [-0.25, -0.2) is 0 Å². The molecule has 7 heteroatoms. The number of anilines is 1. The molecule has 1 atom stereocenters. The van der Waals surface area contributed by atoms with Crippen LogP contribution in [0, 0.1) is 0 Å². The summed E-state index contributed by atoms with van der Waals surface area (Å²) < 4.78 is 11.8. The van der Waals surface area contributed by atoms with Crippen LogP contribution in [0.4, 0.5) is 5.69 Å². The van der Waals surface area contributed by atoms with Gasteiger partial charge in [0, 0.05) is 31.1 Å². The number of carboxylic acid groups (broad SMARTS) is 1. The SMILES string of the molecule is CCS(=O)c1ccc(Sc2cc(Cl)ccc2NCC(=O)O)cc1. The summed E-state index contributed by atoms with van der Waals surface area (Å²) >= 11 is 7.50. The third kappa shape index (κ3) is 5.27. The van der Waals surface area contributed by atoms with E-state index >= 15 is 0 Å². The Bertz CT molecular complexity index is 720. The van der Waals surface area contributed by atoms with Gasteiger partial charge in [0.25, 0.3) is 0 Å². The molecule has 2 aromatic rings. The van der Waals surface area contributed by atoms with Crippen LogP contribution in [0.1, 0.15) is 6.92 Å². The number of nitrogens with one attached hydrogen (secondary N) is 1. The zero-order valence-electron chi connectivity index (χ0n) is 12.4. The molecule has 0 radical (unpaired) electrons. The minimum atomic E-state index is -0.969. The molecule has 0 bridgehead atoms. The van der Waals surface area contributed by atoms with Gasteiger partial charge < -0.3 is 10.4 Å². The summed E-state index contributed by atoms with van der Waals surface area (Å²) in [5.41, 5.74) is 0.711.